The van der Waals surface area contributed by atoms with Gasteiger partial charge in [0.25, 0.3) is 11.8 Å². The number of unbranched alkanes of at least 4 members (excludes halogenated alkanes) is 1. The molecule has 0 aliphatic carbocycles. The normalized spacial score (nSPS) is 13.0. The third-order valence-electron chi connectivity index (χ3n) is 4.77. The van der Waals surface area contributed by atoms with Crippen LogP contribution in [0.3, 0.4) is 0 Å². The molecule has 1 aromatic heterocycles. The molecule has 0 fully saturated rings. The minimum Gasteiger partial charge on any atom is -0.482 e. The van der Waals surface area contributed by atoms with Gasteiger partial charge in [-0.3, -0.25) is 9.59 Å². The standard InChI is InChI=1S/C22H20ClN3O4/c1-2-3-10-26-18-11-16(8-9-19(18)29-13-21(26)27)24-22(28)17-12-20(30-25-17)14-4-6-15(23)7-5-14/h4-9,11-12H,2-3,10,13H2,1H3,(H,24,28). The quantitative estimate of drug-likeness (QED) is 0.614. The number of carbonyl (C=O) groups excluding carboxylic acids is 2. The van der Waals surface area contributed by atoms with Gasteiger partial charge in [-0.1, -0.05) is 30.1 Å². The summed E-state index contributed by atoms with van der Waals surface area (Å²) in [5, 5.41) is 7.26. The first-order chi connectivity index (χ1) is 14.5. The van der Waals surface area contributed by atoms with Crippen molar-refractivity contribution < 1.29 is 18.8 Å². The Labute approximate surface area is 178 Å². The fourth-order valence-corrected chi connectivity index (χ4v) is 3.29. The Morgan fingerprint density at radius 2 is 2.00 bits per heavy atom. The van der Waals surface area contributed by atoms with Crippen molar-refractivity contribution in [2.75, 3.05) is 23.4 Å². The van der Waals surface area contributed by atoms with Crippen LogP contribution < -0.4 is 15.0 Å². The van der Waals surface area contributed by atoms with E-state index < -0.39 is 5.91 Å². The van der Waals surface area contributed by atoms with Crippen molar-refractivity contribution in [3.05, 3.63) is 59.2 Å². The van der Waals surface area contributed by atoms with Crippen LogP contribution in [0.2, 0.25) is 5.02 Å². The summed E-state index contributed by atoms with van der Waals surface area (Å²) in [5.74, 6) is 0.577. The monoisotopic (exact) mass is 425 g/mol. The molecule has 154 valence electrons. The Morgan fingerprint density at radius 1 is 1.20 bits per heavy atom. The second-order valence-corrected chi connectivity index (χ2v) is 7.34. The number of amides is 2. The summed E-state index contributed by atoms with van der Waals surface area (Å²) >= 11 is 5.90. The largest absolute Gasteiger partial charge is 0.482 e. The summed E-state index contributed by atoms with van der Waals surface area (Å²) in [7, 11) is 0. The lowest BCUT2D eigenvalue weighted by molar-refractivity contribution is -0.121. The van der Waals surface area contributed by atoms with E-state index in [2.05, 4.69) is 17.4 Å². The van der Waals surface area contributed by atoms with Crippen molar-refractivity contribution in [1.82, 2.24) is 5.16 Å². The van der Waals surface area contributed by atoms with Gasteiger partial charge in [0.1, 0.15) is 5.75 Å². The SMILES string of the molecule is CCCCN1C(=O)COc2ccc(NC(=O)c3cc(-c4ccc(Cl)cc4)on3)cc21. The van der Waals surface area contributed by atoms with E-state index in [4.69, 9.17) is 20.9 Å². The number of halogens is 1. The predicted molar refractivity (Wildman–Crippen MR) is 114 cm³/mol. The van der Waals surface area contributed by atoms with E-state index in [1.165, 1.54) is 0 Å². The number of benzene rings is 2. The lowest BCUT2D eigenvalue weighted by atomic mass is 10.1. The highest BCUT2D eigenvalue weighted by atomic mass is 35.5. The van der Waals surface area contributed by atoms with Crippen molar-refractivity contribution in [3.63, 3.8) is 0 Å². The van der Waals surface area contributed by atoms with Gasteiger partial charge in [0, 0.05) is 28.9 Å². The van der Waals surface area contributed by atoms with E-state index in [0.717, 1.165) is 18.4 Å². The number of hydrogen-bond acceptors (Lipinski definition) is 5. The zero-order chi connectivity index (χ0) is 21.1. The van der Waals surface area contributed by atoms with Crippen LogP contribution in [-0.2, 0) is 4.79 Å². The van der Waals surface area contributed by atoms with Gasteiger partial charge >= 0.3 is 0 Å². The Balaban J connectivity index is 1.52. The molecule has 3 aromatic rings. The maximum Gasteiger partial charge on any atom is 0.277 e. The molecule has 7 nitrogen and oxygen atoms in total. The smallest absolute Gasteiger partial charge is 0.277 e. The van der Waals surface area contributed by atoms with Gasteiger partial charge in [-0.2, -0.15) is 0 Å². The van der Waals surface area contributed by atoms with Gasteiger partial charge in [0.05, 0.1) is 5.69 Å². The Morgan fingerprint density at radius 3 is 2.77 bits per heavy atom. The molecule has 2 heterocycles. The molecule has 2 amide bonds. The number of rotatable bonds is 6. The van der Waals surface area contributed by atoms with Gasteiger partial charge in [-0.05, 0) is 48.9 Å². The molecule has 0 saturated heterocycles. The van der Waals surface area contributed by atoms with Crippen molar-refractivity contribution in [2.24, 2.45) is 0 Å². The second kappa shape index (κ2) is 8.59. The Bertz CT molecular complexity index is 1080. The third kappa shape index (κ3) is 4.16. The van der Waals surface area contributed by atoms with Crippen LogP contribution in [0.15, 0.2) is 53.1 Å². The number of nitrogens with zero attached hydrogens (tertiary/aromatic N) is 2. The van der Waals surface area contributed by atoms with Crippen molar-refractivity contribution in [3.8, 4) is 17.1 Å². The molecular formula is C22H20ClN3O4. The van der Waals surface area contributed by atoms with Crippen LogP contribution >= 0.6 is 11.6 Å². The molecule has 0 atom stereocenters. The van der Waals surface area contributed by atoms with E-state index in [0.29, 0.717) is 34.5 Å². The predicted octanol–water partition coefficient (Wildman–Crippen LogP) is 4.77. The van der Waals surface area contributed by atoms with E-state index >= 15 is 0 Å². The summed E-state index contributed by atoms with van der Waals surface area (Å²) < 4.78 is 10.8. The van der Waals surface area contributed by atoms with Gasteiger partial charge in [0.15, 0.2) is 18.1 Å². The number of fused-ring (bicyclic) bond motifs is 1. The molecule has 0 saturated carbocycles. The minimum atomic E-state index is -0.415. The van der Waals surface area contributed by atoms with E-state index in [1.54, 1.807) is 53.4 Å². The molecule has 0 unspecified atom stereocenters. The van der Waals surface area contributed by atoms with Crippen molar-refractivity contribution in [2.45, 2.75) is 19.8 Å². The maximum absolute atomic E-state index is 12.6. The lowest BCUT2D eigenvalue weighted by Crippen LogP contribution is -2.39. The van der Waals surface area contributed by atoms with Gasteiger partial charge in [-0.15, -0.1) is 0 Å². The first-order valence-electron chi connectivity index (χ1n) is 9.66. The first-order valence-corrected chi connectivity index (χ1v) is 10.0. The molecule has 1 N–H and O–H groups in total. The molecule has 0 radical (unpaired) electrons. The molecule has 30 heavy (non-hydrogen) atoms. The fraction of sp³-hybridized carbons (Fsp3) is 0.227. The number of aromatic nitrogens is 1. The van der Waals surface area contributed by atoms with E-state index in [1.807, 2.05) is 0 Å². The number of ether oxygens (including phenoxy) is 1. The van der Waals surface area contributed by atoms with Gasteiger partial charge < -0.3 is 19.5 Å². The molecule has 2 aromatic carbocycles. The van der Waals surface area contributed by atoms with Crippen LogP contribution in [0.25, 0.3) is 11.3 Å². The van der Waals surface area contributed by atoms with Gasteiger partial charge in [-0.25, -0.2) is 0 Å². The number of anilines is 2. The summed E-state index contributed by atoms with van der Waals surface area (Å²) in [6, 6.07) is 13.8. The molecule has 0 bridgehead atoms. The van der Waals surface area contributed by atoms with Crippen molar-refractivity contribution in [1.29, 1.82) is 0 Å². The third-order valence-corrected chi connectivity index (χ3v) is 5.02. The topological polar surface area (TPSA) is 84.7 Å². The molecular weight excluding hydrogens is 406 g/mol. The summed E-state index contributed by atoms with van der Waals surface area (Å²) in [6.45, 7) is 2.70. The average molecular weight is 426 g/mol. The summed E-state index contributed by atoms with van der Waals surface area (Å²) in [6.07, 6.45) is 1.85. The van der Waals surface area contributed by atoms with Crippen LogP contribution in [0.1, 0.15) is 30.3 Å². The van der Waals surface area contributed by atoms with E-state index in [-0.39, 0.29) is 18.2 Å². The highest BCUT2D eigenvalue weighted by molar-refractivity contribution is 6.30. The average Bonchev–Trinajstić information content (AvgIpc) is 3.24. The molecule has 8 heteroatoms. The number of nitrogens with one attached hydrogen (secondary N) is 1. The molecule has 4 rings (SSSR count). The zero-order valence-electron chi connectivity index (χ0n) is 16.4. The summed E-state index contributed by atoms with van der Waals surface area (Å²) in [5.41, 5.74) is 2.10. The highest BCUT2D eigenvalue weighted by Crippen LogP contribution is 2.35. The first kappa shape index (κ1) is 20.0. The maximum atomic E-state index is 12.6. The zero-order valence-corrected chi connectivity index (χ0v) is 17.1. The van der Waals surface area contributed by atoms with Crippen LogP contribution in [0.5, 0.6) is 5.75 Å². The van der Waals surface area contributed by atoms with E-state index in [9.17, 15) is 9.59 Å². The Hall–Kier alpha value is -3.32. The number of hydrogen-bond donors (Lipinski definition) is 1. The van der Waals surface area contributed by atoms with Crippen LogP contribution in [-0.4, -0.2) is 30.1 Å². The molecule has 1 aliphatic heterocycles. The highest BCUT2D eigenvalue weighted by Gasteiger charge is 2.25. The summed E-state index contributed by atoms with van der Waals surface area (Å²) in [4.78, 5) is 26.6. The van der Waals surface area contributed by atoms with Crippen LogP contribution in [0.4, 0.5) is 11.4 Å². The fourth-order valence-electron chi connectivity index (χ4n) is 3.17. The molecule has 1 aliphatic rings. The number of carbonyl (C=O) groups is 2. The van der Waals surface area contributed by atoms with Crippen molar-refractivity contribution >= 4 is 34.8 Å². The minimum absolute atomic E-state index is 0.0227. The molecule has 0 spiro atoms. The van der Waals surface area contributed by atoms with Gasteiger partial charge in [0.2, 0.25) is 0 Å². The second-order valence-electron chi connectivity index (χ2n) is 6.91. The Kier molecular flexibility index (Phi) is 5.72. The van der Waals surface area contributed by atoms with Crippen LogP contribution in [0, 0.1) is 0 Å². The lowest BCUT2D eigenvalue weighted by Gasteiger charge is -2.29.